The lowest BCUT2D eigenvalue weighted by molar-refractivity contribution is -0.153. The molecule has 9 heteroatoms. The first-order valence-corrected chi connectivity index (χ1v) is 8.36. The molecule has 0 bridgehead atoms. The van der Waals surface area contributed by atoms with Crippen LogP contribution in [0.5, 0.6) is 5.75 Å². The van der Waals surface area contributed by atoms with E-state index in [1.54, 1.807) is 39.0 Å². The largest absolute Gasteiger partial charge is 0.482 e. The minimum absolute atomic E-state index is 0.0416. The van der Waals surface area contributed by atoms with Gasteiger partial charge in [0.15, 0.2) is 6.61 Å². The van der Waals surface area contributed by atoms with E-state index < -0.39 is 24.2 Å². The molecule has 0 radical (unpaired) electrons. The van der Waals surface area contributed by atoms with E-state index in [2.05, 4.69) is 10.2 Å². The summed E-state index contributed by atoms with van der Waals surface area (Å²) in [5.74, 6) is -0.838. The highest BCUT2D eigenvalue weighted by Crippen LogP contribution is 2.36. The fourth-order valence-corrected chi connectivity index (χ4v) is 2.86. The number of allylic oxidation sites excluding steroid dienone is 1. The SMILES string of the molecule is CC1=CC(C)(CN(C(=O)CCl)c2c(C)cccc2OCC(F)(F)F)N=N1. The van der Waals surface area contributed by atoms with Crippen LogP contribution in [0.3, 0.4) is 0 Å². The summed E-state index contributed by atoms with van der Waals surface area (Å²) in [6.45, 7) is 3.85. The molecule has 1 aromatic carbocycles. The van der Waals surface area contributed by atoms with Gasteiger partial charge in [-0.3, -0.25) is 4.79 Å². The second-order valence-corrected chi connectivity index (χ2v) is 6.55. The fourth-order valence-electron chi connectivity index (χ4n) is 2.72. The number of aryl methyl sites for hydroxylation is 1. The zero-order chi connectivity index (χ0) is 19.5. The number of para-hydroxylation sites is 1. The Hall–Kier alpha value is -2.09. The molecule has 1 aromatic rings. The molecular formula is C17H19ClF3N3O2. The van der Waals surface area contributed by atoms with E-state index in [-0.39, 0.29) is 23.9 Å². The van der Waals surface area contributed by atoms with Gasteiger partial charge in [-0.05, 0) is 38.5 Å². The number of carbonyl (C=O) groups excluding carboxylic acids is 1. The molecule has 0 saturated heterocycles. The zero-order valence-corrected chi connectivity index (χ0v) is 15.4. The Morgan fingerprint density at radius 3 is 2.58 bits per heavy atom. The maximum atomic E-state index is 12.6. The van der Waals surface area contributed by atoms with E-state index in [0.29, 0.717) is 11.3 Å². The molecule has 0 aromatic heterocycles. The number of anilines is 1. The molecule has 142 valence electrons. The quantitative estimate of drug-likeness (QED) is 0.666. The number of carbonyl (C=O) groups is 1. The molecule has 26 heavy (non-hydrogen) atoms. The number of nitrogens with zero attached hydrogens (tertiary/aromatic N) is 3. The lowest BCUT2D eigenvalue weighted by atomic mass is 10.0. The molecule has 1 amide bonds. The predicted octanol–water partition coefficient (Wildman–Crippen LogP) is 4.64. The number of rotatable bonds is 6. The van der Waals surface area contributed by atoms with Gasteiger partial charge in [0.1, 0.15) is 17.2 Å². The van der Waals surface area contributed by atoms with E-state index in [0.717, 1.165) is 0 Å². The van der Waals surface area contributed by atoms with Crippen LogP contribution in [0.2, 0.25) is 0 Å². The summed E-state index contributed by atoms with van der Waals surface area (Å²) in [6, 6.07) is 4.64. The van der Waals surface area contributed by atoms with Crippen LogP contribution in [0.1, 0.15) is 19.4 Å². The lowest BCUT2D eigenvalue weighted by Gasteiger charge is -2.31. The maximum absolute atomic E-state index is 12.6. The lowest BCUT2D eigenvalue weighted by Crippen LogP contribution is -2.43. The Morgan fingerprint density at radius 2 is 2.04 bits per heavy atom. The highest BCUT2D eigenvalue weighted by atomic mass is 35.5. The smallest absolute Gasteiger partial charge is 0.422 e. The van der Waals surface area contributed by atoms with Gasteiger partial charge in [-0.25, -0.2) is 0 Å². The van der Waals surface area contributed by atoms with Gasteiger partial charge >= 0.3 is 6.18 Å². The molecule has 0 spiro atoms. The first-order valence-electron chi connectivity index (χ1n) is 7.82. The van der Waals surface area contributed by atoms with Crippen molar-refractivity contribution in [3.05, 3.63) is 35.5 Å². The third-order valence-electron chi connectivity index (χ3n) is 3.71. The second-order valence-electron chi connectivity index (χ2n) is 6.28. The van der Waals surface area contributed by atoms with Crippen molar-refractivity contribution in [1.29, 1.82) is 0 Å². The molecule has 1 atom stereocenters. The Bertz CT molecular complexity index is 749. The Balaban J connectivity index is 2.42. The highest BCUT2D eigenvalue weighted by Gasteiger charge is 2.34. The summed E-state index contributed by atoms with van der Waals surface area (Å²) < 4.78 is 42.7. The molecule has 1 aliphatic heterocycles. The number of hydrogen-bond acceptors (Lipinski definition) is 4. The molecule has 0 saturated carbocycles. The van der Waals surface area contributed by atoms with Crippen molar-refractivity contribution in [3.8, 4) is 5.75 Å². The molecule has 0 N–H and O–H groups in total. The van der Waals surface area contributed by atoms with Crippen LogP contribution < -0.4 is 9.64 Å². The topological polar surface area (TPSA) is 54.3 Å². The van der Waals surface area contributed by atoms with Crippen molar-refractivity contribution in [2.24, 2.45) is 10.2 Å². The van der Waals surface area contributed by atoms with Gasteiger partial charge in [0.05, 0.1) is 17.9 Å². The molecule has 0 aliphatic carbocycles. The predicted molar refractivity (Wildman–Crippen MR) is 92.8 cm³/mol. The first kappa shape index (κ1) is 20.2. The van der Waals surface area contributed by atoms with Gasteiger partial charge in [-0.2, -0.15) is 23.4 Å². The minimum atomic E-state index is -4.49. The number of benzene rings is 1. The molecule has 0 fully saturated rings. The molecule has 1 unspecified atom stereocenters. The normalized spacial score (nSPS) is 19.4. The van der Waals surface area contributed by atoms with E-state index in [4.69, 9.17) is 16.3 Å². The van der Waals surface area contributed by atoms with Crippen LogP contribution in [-0.2, 0) is 4.79 Å². The van der Waals surface area contributed by atoms with E-state index in [1.165, 1.54) is 11.0 Å². The number of ether oxygens (including phenoxy) is 1. The maximum Gasteiger partial charge on any atom is 0.422 e. The van der Waals surface area contributed by atoms with Crippen molar-refractivity contribution in [3.63, 3.8) is 0 Å². The number of halogens is 4. The standard InChI is InChI=1S/C17H19ClF3N3O2/c1-11-5-4-6-13(26-10-17(19,20)21)15(11)24(14(25)8-18)9-16(3)7-12(2)22-23-16/h4-7H,8-10H2,1-3H3. The summed E-state index contributed by atoms with van der Waals surface area (Å²) in [5, 5.41) is 8.12. The average molecular weight is 390 g/mol. The highest BCUT2D eigenvalue weighted by molar-refractivity contribution is 6.29. The van der Waals surface area contributed by atoms with Gasteiger partial charge in [-0.1, -0.05) is 12.1 Å². The van der Waals surface area contributed by atoms with Gasteiger partial charge in [-0.15, -0.1) is 11.6 Å². The Morgan fingerprint density at radius 1 is 1.35 bits per heavy atom. The summed E-state index contributed by atoms with van der Waals surface area (Å²) >= 11 is 5.73. The minimum Gasteiger partial charge on any atom is -0.482 e. The number of azo groups is 1. The summed E-state index contributed by atoms with van der Waals surface area (Å²) in [5.41, 5.74) is 0.735. The van der Waals surface area contributed by atoms with E-state index in [1.807, 2.05) is 0 Å². The van der Waals surface area contributed by atoms with Crippen molar-refractivity contribution >= 4 is 23.2 Å². The van der Waals surface area contributed by atoms with Crippen LogP contribution in [0.15, 0.2) is 40.2 Å². The van der Waals surface area contributed by atoms with Gasteiger partial charge < -0.3 is 9.64 Å². The monoisotopic (exact) mass is 389 g/mol. The van der Waals surface area contributed by atoms with Gasteiger partial charge in [0.2, 0.25) is 5.91 Å². The molecular weight excluding hydrogens is 371 g/mol. The van der Waals surface area contributed by atoms with Crippen molar-refractivity contribution in [1.82, 2.24) is 0 Å². The molecule has 1 aliphatic rings. The first-order chi connectivity index (χ1) is 12.0. The number of alkyl halides is 4. The molecule has 1 heterocycles. The van der Waals surface area contributed by atoms with E-state index in [9.17, 15) is 18.0 Å². The summed E-state index contributed by atoms with van der Waals surface area (Å²) in [7, 11) is 0. The fraction of sp³-hybridized carbons (Fsp3) is 0.471. The number of hydrogen-bond donors (Lipinski definition) is 0. The van der Waals surface area contributed by atoms with Crippen LogP contribution in [0.25, 0.3) is 0 Å². The Labute approximate surface area is 154 Å². The van der Waals surface area contributed by atoms with E-state index >= 15 is 0 Å². The van der Waals surface area contributed by atoms with Crippen molar-refractivity contribution < 1.29 is 22.7 Å². The number of amides is 1. The third kappa shape index (κ3) is 4.97. The second kappa shape index (κ2) is 7.65. The van der Waals surface area contributed by atoms with Crippen LogP contribution in [0, 0.1) is 6.92 Å². The van der Waals surface area contributed by atoms with Crippen LogP contribution >= 0.6 is 11.6 Å². The Kier molecular flexibility index (Phi) is 5.95. The van der Waals surface area contributed by atoms with Crippen molar-refractivity contribution in [2.75, 3.05) is 23.9 Å². The van der Waals surface area contributed by atoms with Crippen LogP contribution in [0.4, 0.5) is 18.9 Å². The van der Waals surface area contributed by atoms with Gasteiger partial charge in [0.25, 0.3) is 0 Å². The summed E-state index contributed by atoms with van der Waals surface area (Å²) in [4.78, 5) is 13.8. The zero-order valence-electron chi connectivity index (χ0n) is 14.6. The van der Waals surface area contributed by atoms with Crippen LogP contribution in [-0.4, -0.2) is 36.7 Å². The molecule has 2 rings (SSSR count). The third-order valence-corrected chi connectivity index (χ3v) is 3.94. The summed E-state index contributed by atoms with van der Waals surface area (Å²) in [6.07, 6.45) is -2.70. The average Bonchev–Trinajstić information content (AvgIpc) is 2.89. The van der Waals surface area contributed by atoms with Crippen molar-refractivity contribution in [2.45, 2.75) is 32.5 Å². The molecule has 5 nitrogen and oxygen atoms in total. The van der Waals surface area contributed by atoms with Gasteiger partial charge in [0, 0.05) is 0 Å².